The molecule has 29 heavy (non-hydrogen) atoms. The van der Waals surface area contributed by atoms with Crippen LogP contribution >= 0.6 is 0 Å². The van der Waals surface area contributed by atoms with E-state index in [0.717, 1.165) is 13.2 Å². The monoisotopic (exact) mass is 409 g/mol. The SMILES string of the molecule is CC(C)c1cccc(C(C)C)c1[N-][Si](C)(C)C.CCOCC.[Li+].c1cc[nH+]cc1. The number of H-pyrrole nitrogens is 1. The van der Waals surface area contributed by atoms with Crippen molar-refractivity contribution in [3.05, 3.63) is 64.9 Å². The van der Waals surface area contributed by atoms with E-state index in [1.165, 1.54) is 16.8 Å². The Morgan fingerprint density at radius 3 is 1.48 bits per heavy atom. The first-order valence-corrected chi connectivity index (χ1v) is 13.9. The number of aromatic nitrogens is 1. The number of pyridine rings is 1. The van der Waals surface area contributed by atoms with Gasteiger partial charge < -0.3 is 9.72 Å². The van der Waals surface area contributed by atoms with E-state index in [2.05, 4.69) is 70.5 Å². The van der Waals surface area contributed by atoms with Gasteiger partial charge in [-0.1, -0.05) is 82.7 Å². The van der Waals surface area contributed by atoms with Crippen LogP contribution in [0, 0.1) is 0 Å². The van der Waals surface area contributed by atoms with E-state index >= 15 is 0 Å². The van der Waals surface area contributed by atoms with Gasteiger partial charge in [0.2, 0.25) is 0 Å². The second-order valence-electron chi connectivity index (χ2n) is 8.24. The summed E-state index contributed by atoms with van der Waals surface area (Å²) in [6.45, 7) is 21.6. The molecule has 0 unspecified atom stereocenters. The van der Waals surface area contributed by atoms with Crippen LogP contribution in [0.15, 0.2) is 48.8 Å². The summed E-state index contributed by atoms with van der Waals surface area (Å²) in [4.78, 5) is 7.97. The molecule has 1 heterocycles. The zero-order valence-electron chi connectivity index (χ0n) is 20.5. The Morgan fingerprint density at radius 1 is 0.828 bits per heavy atom. The summed E-state index contributed by atoms with van der Waals surface area (Å²) in [5.74, 6) is 1.09. The minimum atomic E-state index is -1.43. The number of nitrogens with zero attached hydrogens (tertiary/aromatic N) is 1. The Morgan fingerprint density at radius 2 is 1.28 bits per heavy atom. The molecule has 1 aromatic carbocycles. The molecule has 3 nitrogen and oxygen atoms in total. The van der Waals surface area contributed by atoms with Gasteiger partial charge >= 0.3 is 18.9 Å². The van der Waals surface area contributed by atoms with E-state index in [-0.39, 0.29) is 18.9 Å². The van der Waals surface area contributed by atoms with Gasteiger partial charge in [0.25, 0.3) is 0 Å². The Balaban J connectivity index is 0. The molecule has 0 spiro atoms. The number of benzene rings is 1. The van der Waals surface area contributed by atoms with E-state index in [9.17, 15) is 0 Å². The molecular weight excluding hydrogens is 367 g/mol. The molecule has 0 radical (unpaired) electrons. The molecule has 1 N–H and O–H groups in total. The van der Waals surface area contributed by atoms with Crippen molar-refractivity contribution in [3.8, 4) is 0 Å². The van der Waals surface area contributed by atoms with Crippen molar-refractivity contribution in [3.63, 3.8) is 0 Å². The molecule has 158 valence electrons. The first kappa shape index (κ1) is 30.1. The third-order valence-electron chi connectivity index (χ3n) is 3.81. The average molecular weight is 410 g/mol. The molecule has 0 aliphatic heterocycles. The maximum atomic E-state index is 5.07. The van der Waals surface area contributed by atoms with E-state index in [0.29, 0.717) is 11.8 Å². The second kappa shape index (κ2) is 16.7. The molecule has 0 atom stereocenters. The third kappa shape index (κ3) is 14.6. The average Bonchev–Trinajstić information content (AvgIpc) is 2.63. The normalized spacial score (nSPS) is 10.3. The smallest absolute Gasteiger partial charge is 0.687 e. The Hall–Kier alpha value is -1.06. The summed E-state index contributed by atoms with van der Waals surface area (Å²) in [5, 5.41) is 0. The van der Waals surface area contributed by atoms with Crippen molar-refractivity contribution in [2.75, 3.05) is 13.2 Å². The molecule has 0 fully saturated rings. The van der Waals surface area contributed by atoms with Crippen LogP contribution in [0.2, 0.25) is 19.6 Å². The molecule has 0 saturated carbocycles. The summed E-state index contributed by atoms with van der Waals surface area (Å²) in [6.07, 6.45) is 3.75. The molecule has 1 aromatic heterocycles. The molecular formula is C24H42LiN2OSi+. The number of hydrogen-bond acceptors (Lipinski definition) is 1. The van der Waals surface area contributed by atoms with Crippen molar-refractivity contribution in [1.29, 1.82) is 0 Å². The first-order valence-electron chi connectivity index (χ1n) is 10.5. The van der Waals surface area contributed by atoms with Crippen LogP contribution < -0.4 is 23.8 Å². The van der Waals surface area contributed by atoms with Gasteiger partial charge in [0, 0.05) is 25.3 Å². The standard InChI is InChI=1S/C15H26NSi.C5H5N.C4H10O.Li/c1-11(2)13-9-8-10-14(12(3)4)15(13)16-17(5,6)7;1-2-4-6-5-3-1;1-3-5-4-2;/h8-12H,1-7H3;1-5H;3-4H2,1-2H3;/q-1;;;+1/p+1. The number of ether oxygens (including phenoxy) is 1. The third-order valence-corrected chi connectivity index (χ3v) is 4.70. The van der Waals surface area contributed by atoms with Crippen LogP contribution in [0.25, 0.3) is 4.98 Å². The van der Waals surface area contributed by atoms with Gasteiger partial charge in [-0.25, -0.2) is 4.98 Å². The molecule has 0 aliphatic rings. The number of hydrogen-bond donors (Lipinski definition) is 0. The van der Waals surface area contributed by atoms with Crippen molar-refractivity contribution in [1.82, 2.24) is 0 Å². The largest absolute Gasteiger partial charge is 1.00 e. The van der Waals surface area contributed by atoms with Crippen molar-refractivity contribution in [2.24, 2.45) is 0 Å². The summed E-state index contributed by atoms with van der Waals surface area (Å²) >= 11 is 0. The fraction of sp³-hybridized carbons (Fsp3) is 0.542. The summed E-state index contributed by atoms with van der Waals surface area (Å²) in [7, 11) is -1.43. The van der Waals surface area contributed by atoms with Crippen molar-refractivity contribution >= 4 is 13.9 Å². The van der Waals surface area contributed by atoms with E-state index in [1.807, 2.05) is 44.4 Å². The Labute approximate surface area is 193 Å². The summed E-state index contributed by atoms with van der Waals surface area (Å²) < 4.78 is 4.83. The zero-order valence-corrected chi connectivity index (χ0v) is 21.5. The first-order chi connectivity index (χ1) is 13.1. The molecule has 0 bridgehead atoms. The number of aromatic amines is 1. The topological polar surface area (TPSA) is 37.5 Å². The van der Waals surface area contributed by atoms with Crippen LogP contribution in [-0.2, 0) is 4.74 Å². The van der Waals surface area contributed by atoms with Gasteiger partial charge in [-0.05, 0) is 33.9 Å². The van der Waals surface area contributed by atoms with Crippen LogP contribution in [0.3, 0.4) is 0 Å². The Kier molecular flexibility index (Phi) is 17.4. The van der Waals surface area contributed by atoms with Crippen LogP contribution in [0.5, 0.6) is 0 Å². The van der Waals surface area contributed by atoms with E-state index in [1.54, 1.807) is 0 Å². The van der Waals surface area contributed by atoms with Gasteiger partial charge in [0.05, 0.1) is 0 Å². The van der Waals surface area contributed by atoms with Gasteiger partial charge in [0.15, 0.2) is 12.4 Å². The van der Waals surface area contributed by atoms with Gasteiger partial charge in [-0.15, -0.1) is 5.69 Å². The summed E-state index contributed by atoms with van der Waals surface area (Å²) in [6, 6.07) is 12.5. The fourth-order valence-electron chi connectivity index (χ4n) is 2.52. The fourth-order valence-corrected chi connectivity index (χ4v) is 3.45. The van der Waals surface area contributed by atoms with Crippen molar-refractivity contribution < 1.29 is 28.6 Å². The minimum absolute atomic E-state index is 0. The molecule has 0 saturated heterocycles. The van der Waals surface area contributed by atoms with Gasteiger partial charge in [-0.2, -0.15) is 0 Å². The van der Waals surface area contributed by atoms with Gasteiger partial charge in [-0.3, -0.25) is 0 Å². The van der Waals surface area contributed by atoms with E-state index in [4.69, 9.17) is 9.72 Å². The predicted molar refractivity (Wildman–Crippen MR) is 126 cm³/mol. The van der Waals surface area contributed by atoms with Crippen LogP contribution in [0.1, 0.15) is 64.5 Å². The maximum Gasteiger partial charge on any atom is 1.00 e. The molecule has 5 heteroatoms. The summed E-state index contributed by atoms with van der Waals surface area (Å²) in [5.41, 5.74) is 4.08. The van der Waals surface area contributed by atoms with Gasteiger partial charge in [0.1, 0.15) is 0 Å². The second-order valence-corrected chi connectivity index (χ2v) is 12.8. The molecule has 2 aromatic rings. The maximum absolute atomic E-state index is 5.07. The number of nitrogens with one attached hydrogen (secondary N) is 1. The quantitative estimate of drug-likeness (QED) is 0.655. The van der Waals surface area contributed by atoms with Crippen LogP contribution in [0.4, 0.5) is 5.69 Å². The molecule has 0 amide bonds. The minimum Gasteiger partial charge on any atom is -0.687 e. The number of rotatable bonds is 6. The van der Waals surface area contributed by atoms with Crippen molar-refractivity contribution in [2.45, 2.75) is 73.0 Å². The predicted octanol–water partition coefficient (Wildman–Crippen LogP) is 4.32. The molecule has 2 rings (SSSR count). The Bertz CT molecular complexity index is 574. The molecule has 0 aliphatic carbocycles. The van der Waals surface area contributed by atoms with Crippen LogP contribution in [-0.4, -0.2) is 21.4 Å². The van der Waals surface area contributed by atoms with E-state index < -0.39 is 8.24 Å². The zero-order chi connectivity index (χ0) is 21.6.